The summed E-state index contributed by atoms with van der Waals surface area (Å²) in [4.78, 5) is 0. The molecule has 0 amide bonds. The average Bonchev–Trinajstić information content (AvgIpc) is 2.72. The number of hydrogen-bond donors (Lipinski definition) is 0. The summed E-state index contributed by atoms with van der Waals surface area (Å²) in [5, 5.41) is 0. The maximum absolute atomic E-state index is 6.07. The van der Waals surface area contributed by atoms with Gasteiger partial charge in [0, 0.05) is 0 Å². The highest BCUT2D eigenvalue weighted by molar-refractivity contribution is 5.46. The molecule has 0 unspecified atom stereocenters. The maximum atomic E-state index is 6.07. The largest absolute Gasteiger partial charge is 0.497 e. The van der Waals surface area contributed by atoms with Crippen LogP contribution in [0.15, 0.2) is 66.7 Å². The number of para-hydroxylation sites is 1. The van der Waals surface area contributed by atoms with Crippen LogP contribution in [0.5, 0.6) is 23.0 Å². The van der Waals surface area contributed by atoms with Gasteiger partial charge in [-0.25, -0.2) is 0 Å². The first-order valence-electron chi connectivity index (χ1n) is 8.80. The number of ether oxygens (including phenoxy) is 4. The van der Waals surface area contributed by atoms with E-state index in [1.807, 2.05) is 73.7 Å². The molecule has 0 bridgehead atoms. The molecule has 4 nitrogen and oxygen atoms in total. The topological polar surface area (TPSA) is 36.9 Å². The Kier molecular flexibility index (Phi) is 6.21. The summed E-state index contributed by atoms with van der Waals surface area (Å²) < 4.78 is 22.5. The lowest BCUT2D eigenvalue weighted by Gasteiger charge is -2.15. The molecule has 0 spiro atoms. The van der Waals surface area contributed by atoms with Gasteiger partial charge in [0.1, 0.15) is 24.7 Å². The van der Waals surface area contributed by atoms with Crippen molar-refractivity contribution in [1.82, 2.24) is 0 Å². The molecule has 0 atom stereocenters. The predicted octanol–water partition coefficient (Wildman–Crippen LogP) is 5.17. The highest BCUT2D eigenvalue weighted by Gasteiger charge is 2.09. The summed E-state index contributed by atoms with van der Waals surface area (Å²) in [6.07, 6.45) is 0. The molecule has 0 radical (unpaired) electrons. The second kappa shape index (κ2) is 8.99. The lowest BCUT2D eigenvalue weighted by Crippen LogP contribution is -2.02. The van der Waals surface area contributed by atoms with Crippen LogP contribution in [-0.4, -0.2) is 14.2 Å². The van der Waals surface area contributed by atoms with Gasteiger partial charge in [0.15, 0.2) is 11.5 Å². The second-order valence-electron chi connectivity index (χ2n) is 6.18. The van der Waals surface area contributed by atoms with Crippen molar-refractivity contribution in [3.05, 3.63) is 83.4 Å². The van der Waals surface area contributed by atoms with Crippen molar-refractivity contribution in [2.24, 2.45) is 0 Å². The van der Waals surface area contributed by atoms with Crippen LogP contribution < -0.4 is 18.9 Å². The van der Waals surface area contributed by atoms with Crippen molar-refractivity contribution < 1.29 is 18.9 Å². The highest BCUT2D eigenvalue weighted by atomic mass is 16.5. The Morgan fingerprint density at radius 1 is 0.630 bits per heavy atom. The summed E-state index contributed by atoms with van der Waals surface area (Å²) in [6, 6.07) is 21.6. The van der Waals surface area contributed by atoms with E-state index >= 15 is 0 Å². The smallest absolute Gasteiger partial charge is 0.164 e. The molecule has 0 aliphatic heterocycles. The summed E-state index contributed by atoms with van der Waals surface area (Å²) in [7, 11) is 3.32. The first-order chi connectivity index (χ1) is 13.2. The standard InChI is InChI=1S/C23H24O4/c1-17-5-4-6-22(26-15-18-7-11-20(24-2)12-8-18)23(17)27-16-19-9-13-21(25-3)14-10-19/h4-14H,15-16H2,1-3H3. The molecule has 0 heterocycles. The Labute approximate surface area is 160 Å². The average molecular weight is 364 g/mol. The fraction of sp³-hybridized carbons (Fsp3) is 0.217. The van der Waals surface area contributed by atoms with Gasteiger partial charge in [0.05, 0.1) is 14.2 Å². The van der Waals surface area contributed by atoms with E-state index in [9.17, 15) is 0 Å². The summed E-state index contributed by atoms with van der Waals surface area (Å²) in [6.45, 7) is 2.95. The monoisotopic (exact) mass is 364 g/mol. The van der Waals surface area contributed by atoms with Gasteiger partial charge in [0.2, 0.25) is 0 Å². The molecule has 27 heavy (non-hydrogen) atoms. The molecule has 3 rings (SSSR count). The number of hydrogen-bond acceptors (Lipinski definition) is 4. The minimum atomic E-state index is 0.465. The third-order valence-corrected chi connectivity index (χ3v) is 4.27. The molecule has 0 saturated carbocycles. The Bertz CT molecular complexity index is 855. The third kappa shape index (κ3) is 4.94. The molecule has 0 N–H and O–H groups in total. The summed E-state index contributed by atoms with van der Waals surface area (Å²) >= 11 is 0. The van der Waals surface area contributed by atoms with Crippen molar-refractivity contribution in [3.63, 3.8) is 0 Å². The van der Waals surface area contributed by atoms with Gasteiger partial charge < -0.3 is 18.9 Å². The number of rotatable bonds is 8. The first-order valence-corrected chi connectivity index (χ1v) is 8.80. The van der Waals surface area contributed by atoms with Gasteiger partial charge in [-0.05, 0) is 53.9 Å². The van der Waals surface area contributed by atoms with Crippen LogP contribution in [0.1, 0.15) is 16.7 Å². The normalized spacial score (nSPS) is 10.3. The van der Waals surface area contributed by atoms with Crippen LogP contribution in [-0.2, 0) is 13.2 Å². The van der Waals surface area contributed by atoms with E-state index in [0.29, 0.717) is 13.2 Å². The van der Waals surface area contributed by atoms with Gasteiger partial charge in [-0.15, -0.1) is 0 Å². The Balaban J connectivity index is 1.67. The van der Waals surface area contributed by atoms with Crippen molar-refractivity contribution in [2.45, 2.75) is 20.1 Å². The molecular formula is C23H24O4. The van der Waals surface area contributed by atoms with Crippen LogP contribution >= 0.6 is 0 Å². The van der Waals surface area contributed by atoms with Gasteiger partial charge in [0.25, 0.3) is 0 Å². The molecule has 4 heteroatoms. The minimum Gasteiger partial charge on any atom is -0.497 e. The Morgan fingerprint density at radius 2 is 1.15 bits per heavy atom. The van der Waals surface area contributed by atoms with E-state index in [1.54, 1.807) is 14.2 Å². The van der Waals surface area contributed by atoms with Crippen molar-refractivity contribution in [1.29, 1.82) is 0 Å². The molecule has 0 aliphatic carbocycles. The summed E-state index contributed by atoms with van der Waals surface area (Å²) in [5.74, 6) is 3.16. The van der Waals surface area contributed by atoms with E-state index in [4.69, 9.17) is 18.9 Å². The fourth-order valence-electron chi connectivity index (χ4n) is 2.68. The summed E-state index contributed by atoms with van der Waals surface area (Å²) in [5.41, 5.74) is 3.18. The molecular weight excluding hydrogens is 340 g/mol. The number of benzene rings is 3. The van der Waals surface area contributed by atoms with Crippen molar-refractivity contribution in [2.75, 3.05) is 14.2 Å². The Morgan fingerprint density at radius 3 is 1.67 bits per heavy atom. The van der Waals surface area contributed by atoms with E-state index in [2.05, 4.69) is 0 Å². The van der Waals surface area contributed by atoms with Crippen LogP contribution in [0.2, 0.25) is 0 Å². The number of methoxy groups -OCH3 is 2. The van der Waals surface area contributed by atoms with Crippen LogP contribution in [0.4, 0.5) is 0 Å². The third-order valence-electron chi connectivity index (χ3n) is 4.27. The Hall–Kier alpha value is -3.14. The van der Waals surface area contributed by atoms with Crippen molar-refractivity contribution in [3.8, 4) is 23.0 Å². The van der Waals surface area contributed by atoms with Crippen LogP contribution in [0, 0.1) is 6.92 Å². The highest BCUT2D eigenvalue weighted by Crippen LogP contribution is 2.32. The van der Waals surface area contributed by atoms with E-state index in [1.165, 1.54) is 0 Å². The minimum absolute atomic E-state index is 0.465. The molecule has 3 aromatic rings. The molecule has 0 aromatic heterocycles. The SMILES string of the molecule is COc1ccc(COc2cccc(C)c2OCc2ccc(OC)cc2)cc1. The van der Waals surface area contributed by atoms with Gasteiger partial charge in [-0.1, -0.05) is 36.4 Å². The van der Waals surface area contributed by atoms with Crippen molar-refractivity contribution >= 4 is 0 Å². The predicted molar refractivity (Wildman–Crippen MR) is 106 cm³/mol. The zero-order chi connectivity index (χ0) is 19.1. The van der Waals surface area contributed by atoms with Gasteiger partial charge >= 0.3 is 0 Å². The maximum Gasteiger partial charge on any atom is 0.164 e. The van der Waals surface area contributed by atoms with E-state index < -0.39 is 0 Å². The lowest BCUT2D eigenvalue weighted by molar-refractivity contribution is 0.254. The van der Waals surface area contributed by atoms with Crippen LogP contribution in [0.25, 0.3) is 0 Å². The molecule has 0 saturated heterocycles. The molecule has 140 valence electrons. The number of aryl methyl sites for hydroxylation is 1. The van der Waals surface area contributed by atoms with E-state index in [-0.39, 0.29) is 0 Å². The molecule has 3 aromatic carbocycles. The van der Waals surface area contributed by atoms with Crippen LogP contribution in [0.3, 0.4) is 0 Å². The van der Waals surface area contributed by atoms with Gasteiger partial charge in [-0.3, -0.25) is 0 Å². The molecule has 0 fully saturated rings. The lowest BCUT2D eigenvalue weighted by atomic mass is 10.2. The quantitative estimate of drug-likeness (QED) is 0.552. The first kappa shape index (κ1) is 18.6. The zero-order valence-electron chi connectivity index (χ0n) is 15.9. The molecule has 0 aliphatic rings. The van der Waals surface area contributed by atoms with E-state index in [0.717, 1.165) is 39.7 Å². The zero-order valence-corrected chi connectivity index (χ0v) is 15.9. The fourth-order valence-corrected chi connectivity index (χ4v) is 2.68. The van der Waals surface area contributed by atoms with Gasteiger partial charge in [-0.2, -0.15) is 0 Å². The second-order valence-corrected chi connectivity index (χ2v) is 6.18.